The molecule has 0 aromatic rings. The fraction of sp³-hybridized carbons (Fsp3) is 0.663. The molecular weight excluding hydrogens is 1330 g/mol. The monoisotopic (exact) mass is 1470 g/mol. The van der Waals surface area contributed by atoms with Gasteiger partial charge in [-0.1, -0.05) is 263 Å². The van der Waals surface area contributed by atoms with Crippen LogP contribution in [0.4, 0.5) is 0 Å². The summed E-state index contributed by atoms with van der Waals surface area (Å²) in [7, 11) is -9.99. The summed E-state index contributed by atoms with van der Waals surface area (Å²) < 4.78 is 68.4. The molecule has 0 rings (SSSR count). The number of ether oxygens (including phenoxy) is 4. The predicted octanol–water partition coefficient (Wildman–Crippen LogP) is 22.7. The first-order chi connectivity index (χ1) is 49.7. The van der Waals surface area contributed by atoms with Crippen LogP contribution in [0.5, 0.6) is 0 Å². The van der Waals surface area contributed by atoms with Gasteiger partial charge in [0, 0.05) is 25.7 Å². The van der Waals surface area contributed by atoms with Crippen molar-refractivity contribution in [2.75, 3.05) is 39.6 Å². The van der Waals surface area contributed by atoms with Crippen LogP contribution < -0.4 is 0 Å². The molecule has 0 radical (unpaired) electrons. The van der Waals surface area contributed by atoms with E-state index in [-0.39, 0.29) is 25.7 Å². The number of hydrogen-bond donors (Lipinski definition) is 3. The highest BCUT2D eigenvalue weighted by atomic mass is 31.2. The van der Waals surface area contributed by atoms with E-state index >= 15 is 0 Å². The van der Waals surface area contributed by atoms with Crippen LogP contribution in [0, 0.1) is 0 Å². The molecule has 582 valence electrons. The molecule has 0 fully saturated rings. The molecule has 0 aliphatic carbocycles. The number of aliphatic hydroxyl groups excluding tert-OH is 1. The number of carbonyl (C=O) groups excluding carboxylic acids is 4. The van der Waals surface area contributed by atoms with Gasteiger partial charge in [0.15, 0.2) is 12.2 Å². The van der Waals surface area contributed by atoms with E-state index in [4.69, 9.17) is 37.0 Å². The van der Waals surface area contributed by atoms with Crippen molar-refractivity contribution in [3.05, 3.63) is 146 Å². The van der Waals surface area contributed by atoms with E-state index in [1.807, 2.05) is 12.2 Å². The van der Waals surface area contributed by atoms with Crippen molar-refractivity contribution >= 4 is 39.5 Å². The van der Waals surface area contributed by atoms with Crippen LogP contribution in [0.15, 0.2) is 146 Å². The molecule has 0 saturated heterocycles. The minimum atomic E-state index is -5.00. The summed E-state index contributed by atoms with van der Waals surface area (Å²) in [4.78, 5) is 72.9. The highest BCUT2D eigenvalue weighted by molar-refractivity contribution is 7.47. The summed E-state index contributed by atoms with van der Waals surface area (Å²) in [5.74, 6) is -2.29. The number of esters is 4. The number of allylic oxidation sites excluding steroid dienone is 24. The van der Waals surface area contributed by atoms with Gasteiger partial charge in [-0.25, -0.2) is 9.13 Å². The predicted molar refractivity (Wildman–Crippen MR) is 417 cm³/mol. The normalized spacial score (nSPS) is 14.7. The molecule has 0 saturated carbocycles. The third kappa shape index (κ3) is 73.3. The average Bonchev–Trinajstić information content (AvgIpc) is 0.908. The third-order valence-corrected chi connectivity index (χ3v) is 17.7. The lowest BCUT2D eigenvalue weighted by molar-refractivity contribution is -0.161. The van der Waals surface area contributed by atoms with Crippen molar-refractivity contribution in [3.63, 3.8) is 0 Å². The zero-order valence-electron chi connectivity index (χ0n) is 63.5. The van der Waals surface area contributed by atoms with Gasteiger partial charge in [0.1, 0.15) is 19.3 Å². The van der Waals surface area contributed by atoms with Gasteiger partial charge in [-0.05, 0) is 154 Å². The van der Waals surface area contributed by atoms with Crippen molar-refractivity contribution in [1.82, 2.24) is 0 Å². The molecule has 0 amide bonds. The number of unbranched alkanes of at least 4 members (excludes halogenated alkanes) is 22. The Bertz CT molecular complexity index is 2510. The quantitative estimate of drug-likeness (QED) is 0.0169. The Morgan fingerprint density at radius 3 is 0.873 bits per heavy atom. The maximum Gasteiger partial charge on any atom is 0.472 e. The first-order valence-corrected chi connectivity index (χ1v) is 42.1. The van der Waals surface area contributed by atoms with Gasteiger partial charge < -0.3 is 33.8 Å². The Labute approximate surface area is 617 Å². The molecule has 0 heterocycles. The molecule has 19 heteroatoms. The summed E-state index contributed by atoms with van der Waals surface area (Å²) in [6.45, 7) is 4.45. The summed E-state index contributed by atoms with van der Waals surface area (Å²) in [6, 6.07) is 0. The zero-order chi connectivity index (χ0) is 74.6. The third-order valence-electron chi connectivity index (χ3n) is 15.7. The lowest BCUT2D eigenvalue weighted by Crippen LogP contribution is -2.30. The van der Waals surface area contributed by atoms with Gasteiger partial charge in [0.25, 0.3) is 0 Å². The maximum absolute atomic E-state index is 13.1. The number of carbonyl (C=O) groups is 4. The number of rotatable bonds is 72. The van der Waals surface area contributed by atoms with Crippen molar-refractivity contribution in [2.45, 2.75) is 316 Å². The van der Waals surface area contributed by atoms with Gasteiger partial charge >= 0.3 is 39.5 Å². The molecule has 0 spiro atoms. The Kier molecular flexibility index (Phi) is 70.5. The number of phosphoric ester groups is 2. The van der Waals surface area contributed by atoms with E-state index in [9.17, 15) is 43.2 Å². The summed E-state index contributed by atoms with van der Waals surface area (Å²) in [6.07, 6.45) is 84.1. The topological polar surface area (TPSA) is 237 Å². The fourth-order valence-electron chi connectivity index (χ4n) is 9.87. The van der Waals surface area contributed by atoms with E-state index in [0.29, 0.717) is 32.1 Å². The first kappa shape index (κ1) is 96.9. The van der Waals surface area contributed by atoms with Crippen molar-refractivity contribution < 1.29 is 80.2 Å². The van der Waals surface area contributed by atoms with Crippen LogP contribution in [0.25, 0.3) is 0 Å². The smallest absolute Gasteiger partial charge is 0.462 e. The van der Waals surface area contributed by atoms with Gasteiger partial charge in [-0.3, -0.25) is 37.3 Å². The van der Waals surface area contributed by atoms with Gasteiger partial charge in [-0.15, -0.1) is 0 Å². The molecule has 0 aromatic heterocycles. The van der Waals surface area contributed by atoms with Gasteiger partial charge in [-0.2, -0.15) is 0 Å². The Morgan fingerprint density at radius 1 is 0.284 bits per heavy atom. The second kappa shape index (κ2) is 74.2. The average molecular weight is 1470 g/mol. The van der Waals surface area contributed by atoms with E-state index in [1.165, 1.54) is 25.7 Å². The Morgan fingerprint density at radius 2 is 0.539 bits per heavy atom. The number of phosphoric acid groups is 2. The Hall–Kier alpha value is -5.06. The molecule has 5 unspecified atom stereocenters. The van der Waals surface area contributed by atoms with E-state index in [2.05, 4.69) is 161 Å². The van der Waals surface area contributed by atoms with E-state index < -0.39 is 97.5 Å². The van der Waals surface area contributed by atoms with E-state index in [0.717, 1.165) is 186 Å². The Balaban J connectivity index is 5.43. The highest BCUT2D eigenvalue weighted by Gasteiger charge is 2.30. The second-order valence-corrected chi connectivity index (χ2v) is 28.4. The minimum absolute atomic E-state index is 0.00854. The molecule has 0 aromatic carbocycles. The summed E-state index contributed by atoms with van der Waals surface area (Å²) in [5.41, 5.74) is 0. The lowest BCUT2D eigenvalue weighted by atomic mass is 10.1. The first-order valence-electron chi connectivity index (χ1n) is 39.1. The van der Waals surface area contributed by atoms with Crippen molar-refractivity contribution in [1.29, 1.82) is 0 Å². The van der Waals surface area contributed by atoms with Crippen LogP contribution in [0.3, 0.4) is 0 Å². The second-order valence-electron chi connectivity index (χ2n) is 25.5. The molecule has 0 aliphatic rings. The van der Waals surface area contributed by atoms with Crippen LogP contribution >= 0.6 is 15.6 Å². The largest absolute Gasteiger partial charge is 0.472 e. The van der Waals surface area contributed by atoms with E-state index in [1.54, 1.807) is 0 Å². The summed E-state index contributed by atoms with van der Waals surface area (Å²) in [5, 5.41) is 10.6. The molecule has 17 nitrogen and oxygen atoms in total. The van der Waals surface area contributed by atoms with Crippen LogP contribution in [-0.4, -0.2) is 96.7 Å². The van der Waals surface area contributed by atoms with Crippen LogP contribution in [0.2, 0.25) is 0 Å². The standard InChI is InChI=1S/C83H138O17P2/c1-5-9-13-17-21-25-29-33-35-37-38-40-41-45-48-52-56-60-64-68-81(86)94-74-79(100-83(88)70-66-62-58-54-50-46-42-39-36-34-30-26-22-18-14-10-6-2)76-98-102(91,92)96-72-77(84)71-95-101(89,90)97-75-78(99-82(87)69-65-61-57-53-49-44-32-28-24-20-16-12-8-4)73-93-80(85)67-63-59-55-51-47-43-31-27-23-19-15-11-7-3/h9-10,13-15,19,21-22,25-28,31-36,38,40,42,46,54,58,77-79,84H,5-8,11-12,16-18,20,23-24,29-30,37,39,41,43-45,47-53,55-57,59-76H2,1-4H3,(H,89,90)(H,91,92)/b13-9-,14-10-,19-15-,25-21-,26-22-,31-27-,32-28-,35-33-,36-34-,40-38-,46-42-,58-54-. The number of hydrogen-bond acceptors (Lipinski definition) is 15. The van der Waals surface area contributed by atoms with Crippen molar-refractivity contribution in [2.24, 2.45) is 0 Å². The minimum Gasteiger partial charge on any atom is -0.462 e. The number of aliphatic hydroxyl groups is 1. The van der Waals surface area contributed by atoms with Gasteiger partial charge in [0.05, 0.1) is 26.4 Å². The molecule has 0 aliphatic heterocycles. The van der Waals surface area contributed by atoms with Gasteiger partial charge in [0.2, 0.25) is 0 Å². The van der Waals surface area contributed by atoms with Crippen LogP contribution in [-0.2, 0) is 65.4 Å². The highest BCUT2D eigenvalue weighted by Crippen LogP contribution is 2.45. The lowest BCUT2D eigenvalue weighted by Gasteiger charge is -2.21. The molecule has 0 bridgehead atoms. The van der Waals surface area contributed by atoms with Crippen LogP contribution in [0.1, 0.15) is 297 Å². The maximum atomic E-state index is 13.1. The summed E-state index contributed by atoms with van der Waals surface area (Å²) >= 11 is 0. The SMILES string of the molecule is CC/C=C\C/C=C\C/C=C\C/C=C\C/C=C\CCCC(=O)OC(COC(=O)CCCCCCCC/C=C\C/C=C\C/C=C\C/C=C\CC)COP(=O)(O)OCC(O)COP(=O)(O)OCC(COC(=O)CCCCCCC/C=C\C/C=C\CCC)OC(=O)CCCCCCC/C=C\CCCCCC. The molecule has 102 heavy (non-hydrogen) atoms. The molecular formula is C83H138O17P2. The van der Waals surface area contributed by atoms with Crippen molar-refractivity contribution in [3.8, 4) is 0 Å². The zero-order valence-corrected chi connectivity index (χ0v) is 65.3. The molecule has 3 N–H and O–H groups in total. The molecule has 5 atom stereocenters. The fourth-order valence-corrected chi connectivity index (χ4v) is 11.4.